The summed E-state index contributed by atoms with van der Waals surface area (Å²) in [5, 5.41) is 2.04. The van der Waals surface area contributed by atoms with Crippen LogP contribution in [0.3, 0.4) is 0 Å². The summed E-state index contributed by atoms with van der Waals surface area (Å²) < 4.78 is 2.30. The second kappa shape index (κ2) is 3.26. The maximum Gasteiger partial charge on any atom is 0.0497 e. The van der Waals surface area contributed by atoms with Crippen LogP contribution in [-0.2, 0) is 6.54 Å². The average molecular weight is 221 g/mol. The molecule has 1 atom stereocenters. The van der Waals surface area contributed by atoms with Gasteiger partial charge >= 0.3 is 0 Å². The Morgan fingerprint density at radius 2 is 2.20 bits per heavy atom. The molecule has 0 fully saturated rings. The summed E-state index contributed by atoms with van der Waals surface area (Å²) in [5.41, 5.74) is 8.56. The van der Waals surface area contributed by atoms with E-state index < -0.39 is 0 Å². The van der Waals surface area contributed by atoms with Crippen LogP contribution in [0, 0.1) is 0 Å². The first kappa shape index (κ1) is 9.25. The van der Waals surface area contributed by atoms with Gasteiger partial charge in [-0.15, -0.1) is 0 Å². The van der Waals surface area contributed by atoms with E-state index in [1.165, 1.54) is 16.6 Å². The van der Waals surface area contributed by atoms with Crippen LogP contribution in [0.1, 0.15) is 24.6 Å². The van der Waals surface area contributed by atoms with Crippen LogP contribution < -0.4 is 5.73 Å². The molecule has 2 nitrogen and oxygen atoms in total. The van der Waals surface area contributed by atoms with Gasteiger partial charge in [0.25, 0.3) is 0 Å². The molecule has 1 unspecified atom stereocenters. The largest absolute Gasteiger partial charge is 0.343 e. The lowest BCUT2D eigenvalue weighted by atomic mass is 10.1. The Labute approximate surface area is 93.6 Å². The van der Waals surface area contributed by atoms with Gasteiger partial charge in [-0.3, -0.25) is 0 Å². The molecule has 0 saturated carbocycles. The molecule has 2 N–H and O–H groups in total. The number of aryl methyl sites for hydroxylation is 1. The van der Waals surface area contributed by atoms with Crippen molar-refractivity contribution in [3.63, 3.8) is 0 Å². The van der Waals surface area contributed by atoms with Crippen molar-refractivity contribution < 1.29 is 0 Å². The summed E-state index contributed by atoms with van der Waals surface area (Å²) in [6.07, 6.45) is 2.24. The zero-order valence-electron chi connectivity index (χ0n) is 8.41. The molecule has 15 heavy (non-hydrogen) atoms. The molecule has 0 aliphatic carbocycles. The summed E-state index contributed by atoms with van der Waals surface area (Å²) in [6, 6.07) is 8.40. The molecule has 1 aliphatic heterocycles. The third-order valence-corrected chi connectivity index (χ3v) is 3.41. The van der Waals surface area contributed by atoms with Crippen LogP contribution in [0.5, 0.6) is 0 Å². The smallest absolute Gasteiger partial charge is 0.0497 e. The summed E-state index contributed by atoms with van der Waals surface area (Å²) in [7, 11) is 0. The fourth-order valence-electron chi connectivity index (χ4n) is 2.42. The third-order valence-electron chi connectivity index (χ3n) is 3.18. The molecule has 0 amide bonds. The van der Waals surface area contributed by atoms with Gasteiger partial charge in [0.2, 0.25) is 0 Å². The summed E-state index contributed by atoms with van der Waals surface area (Å²) >= 11 is 6.01. The molecule has 78 valence electrons. The van der Waals surface area contributed by atoms with Crippen molar-refractivity contribution in [3.8, 4) is 0 Å². The number of nitrogens with zero attached hydrogens (tertiary/aromatic N) is 1. The number of hydrogen-bond donors (Lipinski definition) is 1. The molecule has 3 heteroatoms. The number of fused-ring (bicyclic) bond motifs is 3. The van der Waals surface area contributed by atoms with Gasteiger partial charge in [-0.25, -0.2) is 0 Å². The van der Waals surface area contributed by atoms with Crippen molar-refractivity contribution in [2.75, 3.05) is 0 Å². The van der Waals surface area contributed by atoms with Crippen molar-refractivity contribution in [3.05, 3.63) is 35.0 Å². The van der Waals surface area contributed by atoms with E-state index in [2.05, 4.69) is 16.7 Å². The molecule has 3 rings (SSSR count). The lowest BCUT2D eigenvalue weighted by Gasteiger charge is -2.21. The second-order valence-corrected chi connectivity index (χ2v) is 4.61. The summed E-state index contributed by atoms with van der Waals surface area (Å²) in [6.45, 7) is 1.06. The van der Waals surface area contributed by atoms with Gasteiger partial charge in [0.05, 0.1) is 0 Å². The predicted molar refractivity (Wildman–Crippen MR) is 63.1 cm³/mol. The number of benzene rings is 1. The molecule has 0 bridgehead atoms. The van der Waals surface area contributed by atoms with Gasteiger partial charge in [0, 0.05) is 34.2 Å². The molecule has 2 aromatic rings. The Balaban J connectivity index is 2.31. The summed E-state index contributed by atoms with van der Waals surface area (Å²) in [4.78, 5) is 0. The van der Waals surface area contributed by atoms with E-state index in [4.69, 9.17) is 17.3 Å². The number of halogens is 1. The first-order chi connectivity index (χ1) is 7.25. The van der Waals surface area contributed by atoms with Crippen LogP contribution in [0.2, 0.25) is 5.02 Å². The zero-order valence-corrected chi connectivity index (χ0v) is 9.17. The minimum atomic E-state index is 0.185. The molecule has 0 saturated heterocycles. The van der Waals surface area contributed by atoms with E-state index in [1.54, 1.807) is 0 Å². The normalized spacial score (nSPS) is 20.5. The fraction of sp³-hybridized carbons (Fsp3) is 0.333. The predicted octanol–water partition coefficient (Wildman–Crippen LogP) is 3.09. The van der Waals surface area contributed by atoms with Gasteiger partial charge in [-0.2, -0.15) is 0 Å². The Morgan fingerprint density at radius 1 is 1.33 bits per heavy atom. The Kier molecular flexibility index (Phi) is 2.01. The topological polar surface area (TPSA) is 30.9 Å². The van der Waals surface area contributed by atoms with Crippen molar-refractivity contribution in [2.45, 2.75) is 25.4 Å². The van der Waals surface area contributed by atoms with Gasteiger partial charge in [0.1, 0.15) is 0 Å². The van der Waals surface area contributed by atoms with E-state index in [1.807, 2.05) is 12.1 Å². The minimum absolute atomic E-state index is 0.185. The standard InChI is InChI=1S/C12H13ClN2/c13-9-4-3-8-6-12-10(14)2-1-5-15(12)11(8)7-9/h3-4,6-7,10H,1-2,5,14H2. The van der Waals surface area contributed by atoms with Crippen LogP contribution in [0.25, 0.3) is 10.9 Å². The molecule has 0 spiro atoms. The molecular weight excluding hydrogens is 208 g/mol. The van der Waals surface area contributed by atoms with E-state index >= 15 is 0 Å². The maximum absolute atomic E-state index is 6.09. The molecule has 1 aliphatic rings. The second-order valence-electron chi connectivity index (χ2n) is 4.17. The van der Waals surface area contributed by atoms with Crippen LogP contribution >= 0.6 is 11.6 Å². The summed E-state index contributed by atoms with van der Waals surface area (Å²) in [5.74, 6) is 0. The molecule has 2 heterocycles. The van der Waals surface area contributed by atoms with E-state index in [9.17, 15) is 0 Å². The monoisotopic (exact) mass is 220 g/mol. The highest BCUT2D eigenvalue weighted by Gasteiger charge is 2.19. The third kappa shape index (κ3) is 1.36. The SMILES string of the molecule is NC1CCCn2c1cc1ccc(Cl)cc12. The van der Waals surface area contributed by atoms with E-state index in [-0.39, 0.29) is 6.04 Å². The van der Waals surface area contributed by atoms with Crippen molar-refractivity contribution in [2.24, 2.45) is 5.73 Å². The molecular formula is C12H13ClN2. The fourth-order valence-corrected chi connectivity index (χ4v) is 2.59. The number of nitrogens with two attached hydrogens (primary N) is 1. The van der Waals surface area contributed by atoms with Gasteiger partial charge in [0.15, 0.2) is 0 Å². The van der Waals surface area contributed by atoms with Crippen LogP contribution in [0.4, 0.5) is 0 Å². The zero-order chi connectivity index (χ0) is 10.4. The van der Waals surface area contributed by atoms with E-state index in [0.717, 1.165) is 24.4 Å². The number of hydrogen-bond acceptors (Lipinski definition) is 1. The highest BCUT2D eigenvalue weighted by Crippen LogP contribution is 2.31. The Hall–Kier alpha value is -0.990. The first-order valence-electron chi connectivity index (χ1n) is 5.30. The van der Waals surface area contributed by atoms with E-state index in [0.29, 0.717) is 0 Å². The highest BCUT2D eigenvalue weighted by molar-refractivity contribution is 6.31. The first-order valence-corrected chi connectivity index (χ1v) is 5.68. The van der Waals surface area contributed by atoms with Crippen LogP contribution in [-0.4, -0.2) is 4.57 Å². The van der Waals surface area contributed by atoms with Crippen molar-refractivity contribution in [1.29, 1.82) is 0 Å². The van der Waals surface area contributed by atoms with Crippen LogP contribution in [0.15, 0.2) is 24.3 Å². The highest BCUT2D eigenvalue weighted by atomic mass is 35.5. The molecule has 1 aromatic carbocycles. The van der Waals surface area contributed by atoms with Gasteiger partial charge < -0.3 is 10.3 Å². The quantitative estimate of drug-likeness (QED) is 0.727. The van der Waals surface area contributed by atoms with Gasteiger partial charge in [-0.05, 0) is 31.0 Å². The Morgan fingerprint density at radius 3 is 3.07 bits per heavy atom. The average Bonchev–Trinajstić information content (AvgIpc) is 2.58. The minimum Gasteiger partial charge on any atom is -0.343 e. The number of aromatic nitrogens is 1. The van der Waals surface area contributed by atoms with Gasteiger partial charge in [-0.1, -0.05) is 17.7 Å². The number of rotatable bonds is 0. The van der Waals surface area contributed by atoms with Crippen molar-refractivity contribution >= 4 is 22.5 Å². The molecule has 0 radical (unpaired) electrons. The van der Waals surface area contributed by atoms with Crippen molar-refractivity contribution in [1.82, 2.24) is 4.57 Å². The Bertz CT molecular complexity index is 516. The molecule has 1 aromatic heterocycles. The lowest BCUT2D eigenvalue weighted by Crippen LogP contribution is -2.20. The lowest BCUT2D eigenvalue weighted by molar-refractivity contribution is 0.471. The maximum atomic E-state index is 6.09.